The molecule has 0 aliphatic carbocycles. The summed E-state index contributed by atoms with van der Waals surface area (Å²) in [7, 11) is 0. The van der Waals surface area contributed by atoms with E-state index >= 15 is 13.2 Å². The van der Waals surface area contributed by atoms with Crippen LogP contribution in [-0.2, 0) is 6.18 Å². The average Bonchev–Trinajstić information content (AvgIpc) is 4.08. The van der Waals surface area contributed by atoms with Crippen LogP contribution in [0.5, 0.6) is 0 Å². The number of hydrogen-bond donors (Lipinski definition) is 0. The molecule has 12 rings (SSSR count). The number of nitriles is 4. The lowest BCUT2D eigenvalue weighted by Gasteiger charge is -2.22. The van der Waals surface area contributed by atoms with Crippen LogP contribution in [0.2, 0.25) is 0 Å². The minimum absolute atomic E-state index is 0.0131. The third-order valence-corrected chi connectivity index (χ3v) is 13.7. The van der Waals surface area contributed by atoms with Gasteiger partial charge < -0.3 is 4.57 Å². The van der Waals surface area contributed by atoms with Gasteiger partial charge in [0, 0.05) is 44.2 Å². The van der Waals surface area contributed by atoms with Gasteiger partial charge in [0.2, 0.25) is 0 Å². The van der Waals surface area contributed by atoms with Gasteiger partial charge in [-0.15, -0.1) is 0 Å². The lowest BCUT2D eigenvalue weighted by molar-refractivity contribution is -0.137. The van der Waals surface area contributed by atoms with E-state index in [1.54, 1.807) is 24.3 Å². The van der Waals surface area contributed by atoms with Gasteiger partial charge in [0.1, 0.15) is 0 Å². The summed E-state index contributed by atoms with van der Waals surface area (Å²) in [5.41, 5.74) is 8.13. The Hall–Kier alpha value is -11.3. The summed E-state index contributed by atoms with van der Waals surface area (Å²) in [4.78, 5) is 20.7. The van der Waals surface area contributed by atoms with E-state index in [4.69, 9.17) is 19.9 Å². The number of benzene rings is 9. The van der Waals surface area contributed by atoms with Gasteiger partial charge in [0.15, 0.2) is 11.6 Å². The molecule has 9 aromatic carbocycles. The summed E-state index contributed by atoms with van der Waals surface area (Å²) in [6, 6.07) is 72.9. The minimum atomic E-state index is -4.92. The molecule has 3 heterocycles. The Kier molecular flexibility index (Phi) is 12.4. The molecule has 0 spiro atoms. The molecular formula is C67H36F3N9. The van der Waals surface area contributed by atoms with Crippen molar-refractivity contribution in [2.45, 2.75) is 6.18 Å². The zero-order valence-electron chi connectivity index (χ0n) is 41.4. The highest BCUT2D eigenvalue weighted by Crippen LogP contribution is 2.46. The van der Waals surface area contributed by atoms with Crippen molar-refractivity contribution >= 4 is 21.8 Å². The summed E-state index contributed by atoms with van der Waals surface area (Å²) in [5.74, 6) is -0.0683. The lowest BCUT2D eigenvalue weighted by atomic mass is 9.97. The fourth-order valence-corrected chi connectivity index (χ4v) is 10.0. The van der Waals surface area contributed by atoms with Crippen molar-refractivity contribution in [1.82, 2.24) is 24.5 Å². The zero-order chi connectivity index (χ0) is 54.2. The number of hydrogen-bond acceptors (Lipinski definition) is 8. The summed E-state index contributed by atoms with van der Waals surface area (Å²) >= 11 is 0. The first-order chi connectivity index (χ1) is 38.5. The standard InChI is InChI=1S/C67H36F3N9/c68-67(69,70)53-33-56(65-75-58(45-13-5-1-6-14-45)35-59(76-65)46-15-7-2-8-16-46)64(57(34-53)66-77-60(47-17-9-3-10-18-47)36-61(78-66)48-19-11-4-12-20-48)79-62-31-49(51-27-41(37-71)25-42(28-51)38-72)21-23-54(62)55-24-22-50(32-63(55)79)52-29-43(39-73)26-44(30-52)40-74/h1-36H. The summed E-state index contributed by atoms with van der Waals surface area (Å²) in [6.45, 7) is 0. The number of aromatic nitrogens is 5. The van der Waals surface area contributed by atoms with E-state index in [9.17, 15) is 21.0 Å². The first-order valence-electron chi connectivity index (χ1n) is 24.8. The number of halogens is 3. The van der Waals surface area contributed by atoms with Gasteiger partial charge in [-0.25, -0.2) is 19.9 Å². The Morgan fingerprint density at radius 2 is 0.646 bits per heavy atom. The van der Waals surface area contributed by atoms with E-state index in [1.165, 1.54) is 12.1 Å². The van der Waals surface area contributed by atoms with Crippen molar-refractivity contribution < 1.29 is 13.2 Å². The third-order valence-electron chi connectivity index (χ3n) is 13.7. The van der Waals surface area contributed by atoms with Crippen LogP contribution in [0.4, 0.5) is 13.2 Å². The largest absolute Gasteiger partial charge is 0.416 e. The number of rotatable bonds is 9. The van der Waals surface area contributed by atoms with Crippen molar-refractivity contribution in [1.29, 1.82) is 21.0 Å². The first kappa shape index (κ1) is 48.6. The van der Waals surface area contributed by atoms with Crippen LogP contribution in [0.15, 0.2) is 218 Å². The first-order valence-corrected chi connectivity index (χ1v) is 24.8. The molecule has 0 aliphatic heterocycles. The van der Waals surface area contributed by atoms with Crippen LogP contribution in [0.1, 0.15) is 27.8 Å². The summed E-state index contributed by atoms with van der Waals surface area (Å²) in [6.07, 6.45) is -4.92. The predicted molar refractivity (Wildman–Crippen MR) is 299 cm³/mol. The molecule has 370 valence electrons. The van der Waals surface area contributed by atoms with E-state index in [-0.39, 0.29) is 50.7 Å². The molecule has 0 unspecified atom stereocenters. The second kappa shape index (κ2) is 20.1. The molecule has 12 aromatic rings. The Labute approximate surface area is 450 Å². The molecule has 0 amide bonds. The predicted octanol–water partition coefficient (Wildman–Crippen LogP) is 16.2. The van der Waals surface area contributed by atoms with E-state index in [0.29, 0.717) is 89.1 Å². The van der Waals surface area contributed by atoms with Crippen LogP contribution < -0.4 is 0 Å². The third kappa shape index (κ3) is 9.36. The Balaban J connectivity index is 1.29. The Bertz CT molecular complexity index is 4110. The average molecular weight is 1020 g/mol. The zero-order valence-corrected chi connectivity index (χ0v) is 41.4. The topological polar surface area (TPSA) is 152 Å². The van der Waals surface area contributed by atoms with Gasteiger partial charge >= 0.3 is 6.18 Å². The van der Waals surface area contributed by atoms with Crippen molar-refractivity contribution in [2.75, 3.05) is 0 Å². The molecule has 0 fully saturated rings. The van der Waals surface area contributed by atoms with Gasteiger partial charge in [-0.3, -0.25) is 0 Å². The highest BCUT2D eigenvalue weighted by atomic mass is 19.4. The van der Waals surface area contributed by atoms with Crippen molar-refractivity contribution in [3.8, 4) is 120 Å². The van der Waals surface area contributed by atoms with Crippen LogP contribution in [0.3, 0.4) is 0 Å². The molecule has 3 aromatic heterocycles. The number of fused-ring (bicyclic) bond motifs is 3. The van der Waals surface area contributed by atoms with Gasteiger partial charge in [0.05, 0.1) is 91.6 Å². The lowest BCUT2D eigenvalue weighted by Crippen LogP contribution is -2.11. The van der Waals surface area contributed by atoms with Gasteiger partial charge in [-0.2, -0.15) is 34.2 Å². The fourth-order valence-electron chi connectivity index (χ4n) is 10.0. The molecule has 12 heteroatoms. The van der Waals surface area contributed by atoms with Crippen LogP contribution in [0, 0.1) is 45.3 Å². The molecular weight excluding hydrogens is 988 g/mol. The maximum Gasteiger partial charge on any atom is 0.416 e. The van der Waals surface area contributed by atoms with Crippen molar-refractivity contribution in [2.24, 2.45) is 0 Å². The molecule has 0 radical (unpaired) electrons. The van der Waals surface area contributed by atoms with Crippen molar-refractivity contribution in [3.05, 3.63) is 246 Å². The maximum absolute atomic E-state index is 16.1. The van der Waals surface area contributed by atoms with E-state index in [2.05, 4.69) is 24.3 Å². The number of alkyl halides is 3. The van der Waals surface area contributed by atoms with Crippen molar-refractivity contribution in [3.63, 3.8) is 0 Å². The fraction of sp³-hybridized carbons (Fsp3) is 0.0149. The van der Waals surface area contributed by atoms with Crippen LogP contribution in [-0.4, -0.2) is 24.5 Å². The van der Waals surface area contributed by atoms with Crippen LogP contribution in [0.25, 0.3) is 118 Å². The monoisotopic (exact) mass is 1020 g/mol. The Morgan fingerprint density at radius 3 is 0.937 bits per heavy atom. The molecule has 79 heavy (non-hydrogen) atoms. The highest BCUT2D eigenvalue weighted by molar-refractivity contribution is 6.12. The SMILES string of the molecule is N#Cc1cc(C#N)cc(-c2ccc3c4ccc(-c5cc(C#N)cc(C#N)c5)cc4n(-c4c(-c5nc(-c6ccccc6)cc(-c6ccccc6)n5)cc(C(F)(F)F)cc4-c4nc(-c5ccccc5)cc(-c5ccccc5)n4)c3c2)c1. The highest BCUT2D eigenvalue weighted by Gasteiger charge is 2.35. The molecule has 9 nitrogen and oxygen atoms in total. The smallest absolute Gasteiger partial charge is 0.308 e. The normalized spacial score (nSPS) is 11.2. The van der Waals surface area contributed by atoms with Gasteiger partial charge in [-0.05, 0) is 95.1 Å². The molecule has 0 saturated carbocycles. The summed E-state index contributed by atoms with van der Waals surface area (Å²) < 4.78 is 50.1. The molecule has 0 aliphatic rings. The second-order valence-corrected chi connectivity index (χ2v) is 18.7. The minimum Gasteiger partial charge on any atom is -0.308 e. The van der Waals surface area contributed by atoms with E-state index in [1.807, 2.05) is 174 Å². The number of nitrogens with zero attached hydrogens (tertiary/aromatic N) is 9. The van der Waals surface area contributed by atoms with Crippen LogP contribution >= 0.6 is 0 Å². The van der Waals surface area contributed by atoms with E-state index < -0.39 is 11.7 Å². The Morgan fingerprint density at radius 1 is 0.329 bits per heavy atom. The molecule has 0 N–H and O–H groups in total. The maximum atomic E-state index is 16.1. The van der Waals surface area contributed by atoms with E-state index in [0.717, 1.165) is 12.1 Å². The van der Waals surface area contributed by atoms with Gasteiger partial charge in [0.25, 0.3) is 0 Å². The molecule has 0 atom stereocenters. The second-order valence-electron chi connectivity index (χ2n) is 18.7. The summed E-state index contributed by atoms with van der Waals surface area (Å²) in [5, 5.41) is 41.8. The van der Waals surface area contributed by atoms with Gasteiger partial charge in [-0.1, -0.05) is 146 Å². The molecule has 0 saturated heterocycles. The molecule has 0 bridgehead atoms. The quantitative estimate of drug-likeness (QED) is 0.139.